The highest BCUT2D eigenvalue weighted by Gasteiger charge is 2.52. The van der Waals surface area contributed by atoms with Crippen molar-refractivity contribution < 1.29 is 30.3 Å². The van der Waals surface area contributed by atoms with E-state index in [1.54, 1.807) is 0 Å². The average molecular weight is 293 g/mol. The van der Waals surface area contributed by atoms with Gasteiger partial charge in [-0.25, -0.2) is 0 Å². The van der Waals surface area contributed by atoms with Crippen molar-refractivity contribution in [3.05, 3.63) is 0 Å². The van der Waals surface area contributed by atoms with E-state index in [1.165, 1.54) is 0 Å². The van der Waals surface area contributed by atoms with Crippen LogP contribution >= 0.6 is 0 Å². The molecule has 7 N–H and O–H groups in total. The van der Waals surface area contributed by atoms with E-state index in [0.29, 0.717) is 6.42 Å². The fraction of sp³-hybridized carbons (Fsp3) is 1.00. The summed E-state index contributed by atoms with van der Waals surface area (Å²) in [6, 6.07) is -0.400. The summed E-state index contributed by atoms with van der Waals surface area (Å²) in [4.78, 5) is 0. The lowest BCUT2D eigenvalue weighted by Crippen LogP contribution is -2.66. The van der Waals surface area contributed by atoms with Gasteiger partial charge in [-0.15, -0.1) is 0 Å². The summed E-state index contributed by atoms with van der Waals surface area (Å²) in [5, 5.41) is 48.6. The molecule has 1 fully saturated rings. The molecule has 0 aromatic rings. The zero-order chi connectivity index (χ0) is 15.3. The van der Waals surface area contributed by atoms with Crippen molar-refractivity contribution in [1.29, 1.82) is 0 Å². The van der Waals surface area contributed by atoms with Gasteiger partial charge in [-0.3, -0.25) is 0 Å². The third-order valence-electron chi connectivity index (χ3n) is 3.79. The van der Waals surface area contributed by atoms with Crippen molar-refractivity contribution in [2.75, 3.05) is 6.61 Å². The Morgan fingerprint density at radius 2 is 1.85 bits per heavy atom. The molecule has 120 valence electrons. The summed E-state index contributed by atoms with van der Waals surface area (Å²) in [6.45, 7) is 1.50. The summed E-state index contributed by atoms with van der Waals surface area (Å²) >= 11 is 0. The van der Waals surface area contributed by atoms with E-state index in [-0.39, 0.29) is 6.42 Å². The molecule has 20 heavy (non-hydrogen) atoms. The number of nitrogens with two attached hydrogens (primary N) is 1. The van der Waals surface area contributed by atoms with E-state index >= 15 is 0 Å². The van der Waals surface area contributed by atoms with Crippen LogP contribution in [-0.2, 0) is 4.74 Å². The Kier molecular flexibility index (Phi) is 6.80. The summed E-state index contributed by atoms with van der Waals surface area (Å²) in [5.41, 5.74) is 5.90. The van der Waals surface area contributed by atoms with Gasteiger partial charge in [-0.05, 0) is 6.42 Å². The summed E-state index contributed by atoms with van der Waals surface area (Å²) in [5.74, 6) is -2.06. The Labute approximate surface area is 119 Å². The summed E-state index contributed by atoms with van der Waals surface area (Å²) in [7, 11) is 0. The van der Waals surface area contributed by atoms with Crippen LogP contribution in [-0.4, -0.2) is 68.4 Å². The maximum atomic E-state index is 10.3. The predicted octanol–water partition coefficient (Wildman–Crippen LogP) is -1.55. The molecule has 1 heterocycles. The molecule has 0 aromatic heterocycles. The Morgan fingerprint density at radius 1 is 1.20 bits per heavy atom. The normalized spacial score (nSPS) is 39.8. The van der Waals surface area contributed by atoms with Crippen LogP contribution in [0.5, 0.6) is 0 Å². The number of hydrogen-bond acceptors (Lipinski definition) is 7. The van der Waals surface area contributed by atoms with Gasteiger partial charge in [0.05, 0.1) is 6.61 Å². The van der Waals surface area contributed by atoms with Gasteiger partial charge >= 0.3 is 0 Å². The molecule has 1 rings (SSSR count). The molecule has 0 aliphatic carbocycles. The number of hydrogen-bond donors (Lipinski definition) is 6. The molecule has 0 amide bonds. The Bertz CT molecular complexity index is 290. The first-order chi connectivity index (χ1) is 9.35. The van der Waals surface area contributed by atoms with Crippen LogP contribution in [0, 0.1) is 0 Å². The molecular formula is C13H27NO6. The first kappa shape index (κ1) is 17.8. The third-order valence-corrected chi connectivity index (χ3v) is 3.79. The van der Waals surface area contributed by atoms with Gasteiger partial charge in [-0.1, -0.05) is 26.2 Å². The topological polar surface area (TPSA) is 136 Å². The van der Waals surface area contributed by atoms with Crippen LogP contribution in [0.15, 0.2) is 0 Å². The van der Waals surface area contributed by atoms with Crippen molar-refractivity contribution in [1.82, 2.24) is 0 Å². The minimum Gasteiger partial charge on any atom is -0.394 e. The smallest absolute Gasteiger partial charge is 0.196 e. The zero-order valence-corrected chi connectivity index (χ0v) is 11.9. The summed E-state index contributed by atoms with van der Waals surface area (Å²) in [6.07, 6.45) is -2.30. The Morgan fingerprint density at radius 3 is 2.40 bits per heavy atom. The molecule has 1 aliphatic heterocycles. The van der Waals surface area contributed by atoms with E-state index < -0.39 is 42.9 Å². The second-order valence-electron chi connectivity index (χ2n) is 5.57. The minimum atomic E-state index is -2.06. The lowest BCUT2D eigenvalue weighted by Gasteiger charge is -2.46. The highest BCUT2D eigenvalue weighted by Crippen LogP contribution is 2.32. The van der Waals surface area contributed by atoms with Crippen LogP contribution in [0.25, 0.3) is 0 Å². The fourth-order valence-electron chi connectivity index (χ4n) is 2.52. The minimum absolute atomic E-state index is 0.0713. The molecule has 6 atom stereocenters. The second kappa shape index (κ2) is 7.65. The molecule has 0 aromatic carbocycles. The predicted molar refractivity (Wildman–Crippen MR) is 71.7 cm³/mol. The van der Waals surface area contributed by atoms with Gasteiger partial charge in [0.25, 0.3) is 0 Å². The quantitative estimate of drug-likeness (QED) is 0.313. The zero-order valence-electron chi connectivity index (χ0n) is 11.9. The molecule has 1 aliphatic rings. The van der Waals surface area contributed by atoms with Gasteiger partial charge in [0.1, 0.15) is 24.4 Å². The van der Waals surface area contributed by atoms with Crippen LogP contribution in [0.1, 0.15) is 39.0 Å². The van der Waals surface area contributed by atoms with Gasteiger partial charge < -0.3 is 36.0 Å². The molecule has 1 unspecified atom stereocenters. The molecule has 0 radical (unpaired) electrons. The molecule has 7 nitrogen and oxygen atoms in total. The first-order valence-corrected chi connectivity index (χ1v) is 7.16. The van der Waals surface area contributed by atoms with Crippen molar-refractivity contribution in [3.8, 4) is 0 Å². The molecule has 0 saturated carbocycles. The van der Waals surface area contributed by atoms with Gasteiger partial charge in [0.15, 0.2) is 5.79 Å². The largest absolute Gasteiger partial charge is 0.394 e. The van der Waals surface area contributed by atoms with Gasteiger partial charge in [0.2, 0.25) is 0 Å². The number of aliphatic hydroxyl groups is 5. The van der Waals surface area contributed by atoms with Crippen molar-refractivity contribution in [2.24, 2.45) is 5.73 Å². The molecular weight excluding hydrogens is 266 g/mol. The van der Waals surface area contributed by atoms with E-state index in [4.69, 9.17) is 15.6 Å². The lowest BCUT2D eigenvalue weighted by molar-refractivity contribution is -0.352. The third kappa shape index (κ3) is 4.11. The van der Waals surface area contributed by atoms with E-state index in [1.807, 2.05) is 0 Å². The van der Waals surface area contributed by atoms with E-state index in [2.05, 4.69) is 6.92 Å². The van der Waals surface area contributed by atoms with Crippen molar-refractivity contribution >= 4 is 0 Å². The number of ether oxygens (including phenoxy) is 1. The average Bonchev–Trinajstić information content (AvgIpc) is 2.41. The highest BCUT2D eigenvalue weighted by molar-refractivity contribution is 4.97. The first-order valence-electron chi connectivity index (χ1n) is 7.16. The fourth-order valence-corrected chi connectivity index (χ4v) is 2.52. The molecule has 7 heteroatoms. The number of aliphatic hydroxyl groups excluding tert-OH is 4. The SMILES string of the molecule is CCCCCC(N)C[C@@]1(O)O[C@H](CO)[C@H](O)[C@H](O)[C@H]1O. The van der Waals surface area contributed by atoms with E-state index in [0.717, 1.165) is 19.3 Å². The van der Waals surface area contributed by atoms with Crippen LogP contribution in [0.3, 0.4) is 0 Å². The van der Waals surface area contributed by atoms with Crippen LogP contribution in [0.4, 0.5) is 0 Å². The van der Waals surface area contributed by atoms with Gasteiger partial charge in [-0.2, -0.15) is 0 Å². The molecule has 1 saturated heterocycles. The van der Waals surface area contributed by atoms with Crippen molar-refractivity contribution in [2.45, 2.75) is 75.3 Å². The molecule has 0 spiro atoms. The monoisotopic (exact) mass is 293 g/mol. The maximum absolute atomic E-state index is 10.3. The number of rotatable bonds is 7. The lowest BCUT2D eigenvalue weighted by atomic mass is 9.88. The number of unbranched alkanes of at least 4 members (excludes halogenated alkanes) is 2. The summed E-state index contributed by atoms with van der Waals surface area (Å²) < 4.78 is 5.16. The maximum Gasteiger partial charge on any atom is 0.196 e. The van der Waals surface area contributed by atoms with Crippen molar-refractivity contribution in [3.63, 3.8) is 0 Å². The second-order valence-corrected chi connectivity index (χ2v) is 5.57. The van der Waals surface area contributed by atoms with Gasteiger partial charge in [0, 0.05) is 12.5 Å². The van der Waals surface area contributed by atoms with Crippen LogP contribution < -0.4 is 5.73 Å². The Balaban J connectivity index is 2.64. The molecule has 0 bridgehead atoms. The highest BCUT2D eigenvalue weighted by atomic mass is 16.7. The van der Waals surface area contributed by atoms with Crippen LogP contribution in [0.2, 0.25) is 0 Å². The standard InChI is InChI=1S/C13H27NO6/c1-2-3-4-5-8(14)6-13(19)12(18)11(17)10(16)9(7-15)20-13/h8-12,15-19H,2-7,14H2,1H3/t8?,9-,10+,11+,12-,13-/m1/s1. The Hall–Kier alpha value is -0.280. The van der Waals surface area contributed by atoms with E-state index in [9.17, 15) is 20.4 Å².